The van der Waals surface area contributed by atoms with Gasteiger partial charge in [0.15, 0.2) is 9.84 Å². The molecule has 3 aromatic carbocycles. The molecular formula is C27H25N3O4S. The number of hydroxylamine groups is 1. The molecule has 8 heteroatoms. The highest BCUT2D eigenvalue weighted by molar-refractivity contribution is 7.90. The molecule has 0 bridgehead atoms. The lowest BCUT2D eigenvalue weighted by molar-refractivity contribution is 0.0232. The van der Waals surface area contributed by atoms with E-state index in [0.717, 1.165) is 5.56 Å². The third kappa shape index (κ3) is 6.53. The minimum absolute atomic E-state index is 0.0266. The van der Waals surface area contributed by atoms with E-state index in [2.05, 4.69) is 15.8 Å². The van der Waals surface area contributed by atoms with Gasteiger partial charge in [-0.25, -0.2) is 13.9 Å². The van der Waals surface area contributed by atoms with Crippen molar-refractivity contribution in [1.82, 2.24) is 10.5 Å². The summed E-state index contributed by atoms with van der Waals surface area (Å²) in [6.45, 7) is 0.565. The zero-order valence-electron chi connectivity index (χ0n) is 18.9. The highest BCUT2D eigenvalue weighted by atomic mass is 32.2. The molecule has 1 amide bonds. The number of carbonyl (C=O) groups is 1. The van der Waals surface area contributed by atoms with E-state index in [9.17, 15) is 13.2 Å². The van der Waals surface area contributed by atoms with Crippen LogP contribution >= 0.6 is 0 Å². The molecule has 0 spiro atoms. The fourth-order valence-electron chi connectivity index (χ4n) is 3.52. The van der Waals surface area contributed by atoms with Gasteiger partial charge in [-0.15, -0.1) is 0 Å². The van der Waals surface area contributed by atoms with Gasteiger partial charge in [0.2, 0.25) is 0 Å². The smallest absolute Gasteiger partial charge is 0.276 e. The number of para-hydroxylation sites is 1. The molecule has 0 aliphatic heterocycles. The van der Waals surface area contributed by atoms with Gasteiger partial charge in [-0.05, 0) is 53.1 Å². The lowest BCUT2D eigenvalue weighted by Gasteiger charge is -2.13. The molecule has 0 saturated heterocycles. The number of benzene rings is 3. The number of sulfone groups is 1. The minimum Gasteiger partial charge on any atom is -0.380 e. The zero-order valence-corrected chi connectivity index (χ0v) is 19.7. The van der Waals surface area contributed by atoms with Gasteiger partial charge in [-0.1, -0.05) is 54.6 Å². The van der Waals surface area contributed by atoms with Gasteiger partial charge < -0.3 is 5.32 Å². The first kappa shape index (κ1) is 24.1. The Balaban J connectivity index is 1.38. The van der Waals surface area contributed by atoms with E-state index in [1.54, 1.807) is 79.1 Å². The average Bonchev–Trinajstić information content (AvgIpc) is 2.89. The molecule has 0 aliphatic rings. The zero-order chi connectivity index (χ0) is 24.5. The second kappa shape index (κ2) is 11.4. The van der Waals surface area contributed by atoms with E-state index in [1.807, 2.05) is 24.3 Å². The predicted molar refractivity (Wildman–Crippen MR) is 134 cm³/mol. The molecule has 4 aromatic rings. The molecule has 0 atom stereocenters. The maximum atomic E-state index is 12.8. The third-order valence-corrected chi connectivity index (χ3v) is 7.04. The summed E-state index contributed by atoms with van der Waals surface area (Å²) in [7, 11) is -3.51. The fraction of sp³-hybridized carbons (Fsp3) is 0.111. The van der Waals surface area contributed by atoms with Crippen LogP contribution in [-0.2, 0) is 33.6 Å². The van der Waals surface area contributed by atoms with E-state index in [1.165, 1.54) is 0 Å². The Morgan fingerprint density at radius 3 is 2.23 bits per heavy atom. The van der Waals surface area contributed by atoms with E-state index < -0.39 is 15.7 Å². The van der Waals surface area contributed by atoms with Crippen LogP contribution in [0.15, 0.2) is 108 Å². The van der Waals surface area contributed by atoms with E-state index in [4.69, 9.17) is 4.84 Å². The summed E-state index contributed by atoms with van der Waals surface area (Å²) in [5.74, 6) is -0.566. The van der Waals surface area contributed by atoms with Crippen LogP contribution in [0.25, 0.3) is 0 Å². The van der Waals surface area contributed by atoms with Gasteiger partial charge in [0.25, 0.3) is 5.91 Å². The van der Waals surface area contributed by atoms with Crippen LogP contribution in [0, 0.1) is 0 Å². The highest BCUT2D eigenvalue weighted by Crippen LogP contribution is 2.20. The quantitative estimate of drug-likeness (QED) is 0.319. The number of pyridine rings is 1. The van der Waals surface area contributed by atoms with Crippen molar-refractivity contribution in [3.63, 3.8) is 0 Å². The summed E-state index contributed by atoms with van der Waals surface area (Å²) in [6.07, 6.45) is 3.43. The van der Waals surface area contributed by atoms with E-state index in [0.29, 0.717) is 28.9 Å². The third-order valence-electron chi connectivity index (χ3n) is 5.36. The number of hydrogen-bond acceptors (Lipinski definition) is 6. The van der Waals surface area contributed by atoms with Crippen molar-refractivity contribution in [2.75, 3.05) is 5.32 Å². The van der Waals surface area contributed by atoms with Crippen LogP contribution < -0.4 is 10.8 Å². The SMILES string of the molecule is O=C(NOCc1ccccc1CS(=O)(=O)c1ccccc1)c1ccccc1NCc1ccncc1. The Bertz CT molecular complexity index is 1380. The standard InChI is InChI=1S/C27H25N3O4S/c31-27(25-12-6-7-13-26(25)29-18-21-14-16-28-17-15-21)30-34-19-22-8-4-5-9-23(22)20-35(32,33)24-10-2-1-3-11-24/h1-17,29H,18-20H2,(H,30,31). The van der Waals surface area contributed by atoms with Gasteiger partial charge in [-0.3, -0.25) is 14.6 Å². The monoisotopic (exact) mass is 487 g/mol. The molecule has 4 rings (SSSR count). The van der Waals surface area contributed by atoms with Crippen molar-refractivity contribution in [1.29, 1.82) is 0 Å². The fourth-order valence-corrected chi connectivity index (χ4v) is 4.95. The molecule has 178 valence electrons. The highest BCUT2D eigenvalue weighted by Gasteiger charge is 2.17. The topological polar surface area (TPSA) is 97.4 Å². The predicted octanol–water partition coefficient (Wildman–Crippen LogP) is 4.53. The molecule has 0 fully saturated rings. The number of carbonyl (C=O) groups excluding carboxylic acids is 1. The van der Waals surface area contributed by atoms with Crippen LogP contribution in [0.5, 0.6) is 0 Å². The van der Waals surface area contributed by atoms with E-state index >= 15 is 0 Å². The summed E-state index contributed by atoms with van der Waals surface area (Å²) < 4.78 is 25.6. The largest absolute Gasteiger partial charge is 0.380 e. The van der Waals surface area contributed by atoms with Crippen LogP contribution in [0.3, 0.4) is 0 Å². The minimum atomic E-state index is -3.51. The Kier molecular flexibility index (Phi) is 7.87. The maximum Gasteiger partial charge on any atom is 0.276 e. The first-order chi connectivity index (χ1) is 17.0. The lowest BCUT2D eigenvalue weighted by atomic mass is 10.1. The van der Waals surface area contributed by atoms with Gasteiger partial charge in [0, 0.05) is 24.6 Å². The first-order valence-corrected chi connectivity index (χ1v) is 12.7. The van der Waals surface area contributed by atoms with Crippen molar-refractivity contribution in [2.24, 2.45) is 0 Å². The second-order valence-corrected chi connectivity index (χ2v) is 9.80. The number of nitrogens with zero attached hydrogens (tertiary/aromatic N) is 1. The number of anilines is 1. The van der Waals surface area contributed by atoms with Gasteiger partial charge in [0.05, 0.1) is 16.2 Å². The molecule has 7 nitrogen and oxygen atoms in total. The van der Waals surface area contributed by atoms with Crippen LogP contribution in [0.2, 0.25) is 0 Å². The van der Waals surface area contributed by atoms with Crippen molar-refractivity contribution in [3.8, 4) is 0 Å². The van der Waals surface area contributed by atoms with Crippen molar-refractivity contribution in [2.45, 2.75) is 23.8 Å². The molecule has 1 heterocycles. The first-order valence-electron chi connectivity index (χ1n) is 11.0. The van der Waals surface area contributed by atoms with Gasteiger partial charge in [-0.2, -0.15) is 0 Å². The summed E-state index contributed by atoms with van der Waals surface area (Å²) in [5, 5.41) is 3.26. The molecular weight excluding hydrogens is 462 g/mol. The average molecular weight is 488 g/mol. The van der Waals surface area contributed by atoms with Crippen molar-refractivity contribution >= 4 is 21.4 Å². The molecule has 0 aliphatic carbocycles. The van der Waals surface area contributed by atoms with Crippen LogP contribution in [0.4, 0.5) is 5.69 Å². The van der Waals surface area contributed by atoms with Crippen LogP contribution in [-0.4, -0.2) is 19.3 Å². The molecule has 0 radical (unpaired) electrons. The summed E-state index contributed by atoms with van der Waals surface area (Å²) in [6, 6.07) is 26.4. The van der Waals surface area contributed by atoms with Crippen molar-refractivity contribution < 1.29 is 18.0 Å². The number of rotatable bonds is 10. The Labute approximate surface area is 204 Å². The van der Waals surface area contributed by atoms with Gasteiger partial charge >= 0.3 is 0 Å². The summed E-state index contributed by atoms with van der Waals surface area (Å²) in [5.41, 5.74) is 5.90. The Hall–Kier alpha value is -4.01. The van der Waals surface area contributed by atoms with Crippen LogP contribution in [0.1, 0.15) is 27.0 Å². The number of hydrogen-bond donors (Lipinski definition) is 2. The Morgan fingerprint density at radius 2 is 1.46 bits per heavy atom. The lowest BCUT2D eigenvalue weighted by Crippen LogP contribution is -2.25. The maximum absolute atomic E-state index is 12.8. The number of nitrogens with one attached hydrogen (secondary N) is 2. The number of aromatic nitrogens is 1. The van der Waals surface area contributed by atoms with E-state index in [-0.39, 0.29) is 17.3 Å². The normalized spacial score (nSPS) is 11.1. The van der Waals surface area contributed by atoms with Crippen molar-refractivity contribution in [3.05, 3.63) is 126 Å². The molecule has 1 aromatic heterocycles. The second-order valence-electron chi connectivity index (χ2n) is 7.82. The molecule has 0 saturated carbocycles. The number of amides is 1. The molecule has 2 N–H and O–H groups in total. The van der Waals surface area contributed by atoms with Gasteiger partial charge in [0.1, 0.15) is 6.61 Å². The molecule has 0 unspecified atom stereocenters. The summed E-state index contributed by atoms with van der Waals surface area (Å²) >= 11 is 0. The Morgan fingerprint density at radius 1 is 0.800 bits per heavy atom. The molecule has 35 heavy (non-hydrogen) atoms. The summed E-state index contributed by atoms with van der Waals surface area (Å²) in [4.78, 5) is 22.5.